The quantitative estimate of drug-likeness (QED) is 0.612. The van der Waals surface area contributed by atoms with Gasteiger partial charge in [-0.15, -0.1) is 11.3 Å². The molecule has 1 saturated heterocycles. The number of hydrogen-bond acceptors (Lipinski definition) is 5. The maximum Gasteiger partial charge on any atom is 0.314 e. The molecule has 7 nitrogen and oxygen atoms in total. The SMILES string of the molecule is CCOC(=O)[C@@H]1CCC[NH+]([C@@H](C)C(=O)Nc2sc3c(c2C(N)=O)CCC3)C1. The van der Waals surface area contributed by atoms with Crippen LogP contribution in [0.1, 0.15) is 53.9 Å². The molecule has 2 amide bonds. The molecule has 1 aliphatic heterocycles. The lowest BCUT2D eigenvalue weighted by Crippen LogP contribution is -3.18. The molecule has 1 aromatic rings. The van der Waals surface area contributed by atoms with E-state index in [-0.39, 0.29) is 23.8 Å². The highest BCUT2D eigenvalue weighted by atomic mass is 32.1. The van der Waals surface area contributed by atoms with Gasteiger partial charge in [0.1, 0.15) is 10.9 Å². The summed E-state index contributed by atoms with van der Waals surface area (Å²) in [4.78, 5) is 39.0. The first-order valence-corrected chi connectivity index (χ1v) is 10.5. The average molecular weight is 395 g/mol. The minimum Gasteiger partial charge on any atom is -0.466 e. The Balaban J connectivity index is 1.68. The molecule has 0 aromatic carbocycles. The lowest BCUT2D eigenvalue weighted by molar-refractivity contribution is -0.921. The monoisotopic (exact) mass is 394 g/mol. The Morgan fingerprint density at radius 2 is 2.11 bits per heavy atom. The molecule has 0 bridgehead atoms. The van der Waals surface area contributed by atoms with Crippen LogP contribution in [0.4, 0.5) is 5.00 Å². The van der Waals surface area contributed by atoms with Crippen molar-refractivity contribution in [2.75, 3.05) is 25.0 Å². The summed E-state index contributed by atoms with van der Waals surface area (Å²) < 4.78 is 5.14. The molecule has 3 rings (SSSR count). The third kappa shape index (κ3) is 4.16. The second kappa shape index (κ2) is 8.39. The van der Waals surface area contributed by atoms with Crippen LogP contribution in [-0.4, -0.2) is 43.5 Å². The summed E-state index contributed by atoms with van der Waals surface area (Å²) in [6.45, 7) is 5.48. The number of nitrogens with one attached hydrogen (secondary N) is 2. The van der Waals surface area contributed by atoms with Gasteiger partial charge >= 0.3 is 5.97 Å². The van der Waals surface area contributed by atoms with E-state index in [1.807, 2.05) is 6.92 Å². The van der Waals surface area contributed by atoms with Crippen LogP contribution >= 0.6 is 11.3 Å². The number of likely N-dealkylation sites (tertiary alicyclic amines) is 1. The van der Waals surface area contributed by atoms with Crippen LogP contribution in [0, 0.1) is 5.92 Å². The minimum absolute atomic E-state index is 0.142. The van der Waals surface area contributed by atoms with E-state index in [1.54, 1.807) is 6.92 Å². The lowest BCUT2D eigenvalue weighted by Gasteiger charge is -2.32. The molecule has 27 heavy (non-hydrogen) atoms. The van der Waals surface area contributed by atoms with Gasteiger partial charge in [0.05, 0.1) is 25.3 Å². The van der Waals surface area contributed by atoms with Crippen molar-refractivity contribution < 1.29 is 24.0 Å². The number of carbonyl (C=O) groups excluding carboxylic acids is 3. The molecule has 1 aromatic heterocycles. The van der Waals surface area contributed by atoms with E-state index in [0.717, 1.165) is 54.0 Å². The first kappa shape index (κ1) is 19.8. The van der Waals surface area contributed by atoms with Crippen LogP contribution in [0.5, 0.6) is 0 Å². The number of primary amides is 1. The van der Waals surface area contributed by atoms with Gasteiger partial charge in [-0.3, -0.25) is 14.4 Å². The van der Waals surface area contributed by atoms with Gasteiger partial charge in [-0.2, -0.15) is 0 Å². The number of quaternary nitrogens is 1. The Morgan fingerprint density at radius 1 is 1.33 bits per heavy atom. The molecule has 3 atom stereocenters. The number of fused-ring (bicyclic) bond motifs is 1. The maximum atomic E-state index is 12.8. The first-order chi connectivity index (χ1) is 12.9. The summed E-state index contributed by atoms with van der Waals surface area (Å²) >= 11 is 1.47. The van der Waals surface area contributed by atoms with Crippen molar-refractivity contribution in [2.24, 2.45) is 11.7 Å². The molecule has 1 fully saturated rings. The number of anilines is 1. The van der Waals surface area contributed by atoms with Gasteiger partial charge in [0.2, 0.25) is 0 Å². The summed E-state index contributed by atoms with van der Waals surface area (Å²) in [5.41, 5.74) is 7.05. The van der Waals surface area contributed by atoms with Crippen molar-refractivity contribution >= 4 is 34.1 Å². The zero-order valence-electron chi connectivity index (χ0n) is 15.9. The van der Waals surface area contributed by atoms with E-state index < -0.39 is 5.91 Å². The van der Waals surface area contributed by atoms with Gasteiger partial charge in [0.15, 0.2) is 6.04 Å². The molecule has 1 unspecified atom stereocenters. The van der Waals surface area contributed by atoms with Gasteiger partial charge in [-0.25, -0.2) is 0 Å². The number of carbonyl (C=O) groups is 3. The predicted octanol–water partition coefficient (Wildman–Crippen LogP) is 0.521. The number of thiophene rings is 1. The van der Waals surface area contributed by atoms with Crippen LogP contribution in [0.25, 0.3) is 0 Å². The Kier molecular flexibility index (Phi) is 6.16. The standard InChI is InChI=1S/C19H27N3O4S/c1-3-26-19(25)12-6-5-9-22(10-12)11(2)17(24)21-18-15(16(20)23)13-7-4-8-14(13)27-18/h11-12H,3-10H2,1-2H3,(H2,20,23)(H,21,24)/p+1/t11-,12+/m0/s1. The summed E-state index contributed by atoms with van der Waals surface area (Å²) in [7, 11) is 0. The van der Waals surface area contributed by atoms with Crippen LogP contribution in [0.15, 0.2) is 0 Å². The van der Waals surface area contributed by atoms with Gasteiger partial charge in [-0.05, 0) is 51.5 Å². The predicted molar refractivity (Wildman–Crippen MR) is 103 cm³/mol. The summed E-state index contributed by atoms with van der Waals surface area (Å²) in [6, 6.07) is -0.320. The van der Waals surface area contributed by atoms with Gasteiger partial charge < -0.3 is 20.7 Å². The molecule has 2 aliphatic rings. The maximum absolute atomic E-state index is 12.8. The Morgan fingerprint density at radius 3 is 2.81 bits per heavy atom. The smallest absolute Gasteiger partial charge is 0.314 e. The van der Waals surface area contributed by atoms with E-state index in [4.69, 9.17) is 10.5 Å². The third-order valence-electron chi connectivity index (χ3n) is 5.59. The number of esters is 1. The third-order valence-corrected chi connectivity index (χ3v) is 6.80. The fraction of sp³-hybridized carbons (Fsp3) is 0.632. The fourth-order valence-electron chi connectivity index (χ4n) is 4.11. The summed E-state index contributed by atoms with van der Waals surface area (Å²) in [5, 5.41) is 3.50. The van der Waals surface area contributed by atoms with Crippen LogP contribution in [0.3, 0.4) is 0 Å². The van der Waals surface area contributed by atoms with Crippen LogP contribution in [-0.2, 0) is 27.2 Å². The number of amides is 2. The van der Waals surface area contributed by atoms with Crippen molar-refractivity contribution in [3.05, 3.63) is 16.0 Å². The molecular formula is C19H28N3O4S+. The average Bonchev–Trinajstić information content (AvgIpc) is 3.21. The summed E-state index contributed by atoms with van der Waals surface area (Å²) in [5.74, 6) is -0.953. The Bertz CT molecular complexity index is 746. The van der Waals surface area contributed by atoms with Gasteiger partial charge in [0.25, 0.3) is 11.8 Å². The van der Waals surface area contributed by atoms with Crippen molar-refractivity contribution in [3.8, 4) is 0 Å². The number of aryl methyl sites for hydroxylation is 1. The second-order valence-electron chi connectivity index (χ2n) is 7.34. The fourth-order valence-corrected chi connectivity index (χ4v) is 5.41. The number of hydrogen-bond donors (Lipinski definition) is 3. The van der Waals surface area contributed by atoms with E-state index in [1.165, 1.54) is 11.3 Å². The van der Waals surface area contributed by atoms with Crippen LogP contribution in [0.2, 0.25) is 0 Å². The van der Waals surface area contributed by atoms with Crippen molar-refractivity contribution in [1.29, 1.82) is 0 Å². The molecule has 2 heterocycles. The zero-order valence-corrected chi connectivity index (χ0v) is 16.7. The van der Waals surface area contributed by atoms with E-state index in [9.17, 15) is 14.4 Å². The highest BCUT2D eigenvalue weighted by Crippen LogP contribution is 2.38. The van der Waals surface area contributed by atoms with Gasteiger partial charge in [0, 0.05) is 4.88 Å². The second-order valence-corrected chi connectivity index (χ2v) is 8.45. The number of ether oxygens (including phenoxy) is 1. The highest BCUT2D eigenvalue weighted by Gasteiger charge is 2.36. The molecule has 0 radical (unpaired) electrons. The topological polar surface area (TPSA) is 103 Å². The molecule has 4 N–H and O–H groups in total. The zero-order chi connectivity index (χ0) is 19.6. The normalized spacial score (nSPS) is 22.7. The number of rotatable bonds is 6. The Labute approximate surface area is 163 Å². The molecule has 1 aliphatic carbocycles. The van der Waals surface area contributed by atoms with Crippen LogP contribution < -0.4 is 16.0 Å². The van der Waals surface area contributed by atoms with Gasteiger partial charge in [-0.1, -0.05) is 0 Å². The van der Waals surface area contributed by atoms with Crippen molar-refractivity contribution in [2.45, 2.75) is 52.0 Å². The van der Waals surface area contributed by atoms with Crippen molar-refractivity contribution in [3.63, 3.8) is 0 Å². The molecule has 0 spiro atoms. The molecular weight excluding hydrogens is 366 g/mol. The molecule has 8 heteroatoms. The number of nitrogens with two attached hydrogens (primary N) is 1. The van der Waals surface area contributed by atoms with E-state index >= 15 is 0 Å². The Hall–Kier alpha value is -1.93. The minimum atomic E-state index is -0.481. The van der Waals surface area contributed by atoms with Crippen molar-refractivity contribution in [1.82, 2.24) is 0 Å². The largest absolute Gasteiger partial charge is 0.466 e. The molecule has 148 valence electrons. The van der Waals surface area contributed by atoms with E-state index in [0.29, 0.717) is 23.7 Å². The first-order valence-electron chi connectivity index (χ1n) is 9.68. The lowest BCUT2D eigenvalue weighted by atomic mass is 9.97. The number of piperidine rings is 1. The summed E-state index contributed by atoms with van der Waals surface area (Å²) in [6.07, 6.45) is 4.49. The molecule has 0 saturated carbocycles. The highest BCUT2D eigenvalue weighted by molar-refractivity contribution is 7.17. The van der Waals surface area contributed by atoms with E-state index in [2.05, 4.69) is 5.32 Å².